The zero-order valence-electron chi connectivity index (χ0n) is 10.2. The first-order valence-electron chi connectivity index (χ1n) is 5.48. The number of allylic oxidation sites excluding steroid dienone is 2. The number of hydrogen-bond acceptors (Lipinski definition) is 2. The van der Waals surface area contributed by atoms with Crippen LogP contribution in [0.3, 0.4) is 0 Å². The normalized spacial score (nSPS) is 13.5. The van der Waals surface area contributed by atoms with E-state index in [1.165, 1.54) is 18.2 Å². The van der Waals surface area contributed by atoms with Gasteiger partial charge >= 0.3 is 0 Å². The second-order valence-corrected chi connectivity index (χ2v) is 4.05. The molecule has 0 bridgehead atoms. The van der Waals surface area contributed by atoms with E-state index in [1.54, 1.807) is 26.1 Å². The zero-order valence-corrected chi connectivity index (χ0v) is 10.2. The van der Waals surface area contributed by atoms with Crippen LogP contribution >= 0.6 is 0 Å². The number of carbonyl (C=O) groups excluding carboxylic acids is 1. The van der Waals surface area contributed by atoms with Crippen molar-refractivity contribution in [2.45, 2.75) is 19.4 Å². The lowest BCUT2D eigenvalue weighted by Crippen LogP contribution is -2.46. The highest BCUT2D eigenvalue weighted by Crippen LogP contribution is 2.17. The summed E-state index contributed by atoms with van der Waals surface area (Å²) in [6, 6.07) is 6.06. The maximum atomic E-state index is 12.8. The summed E-state index contributed by atoms with van der Waals surface area (Å²) in [5.41, 5.74) is 5.31. The molecule has 0 spiro atoms. The van der Waals surface area contributed by atoms with Gasteiger partial charge < -0.3 is 11.1 Å². The van der Waals surface area contributed by atoms with Crippen LogP contribution in [0.25, 0.3) is 0 Å². The smallest absolute Gasteiger partial charge is 0.163 e. The molecular formula is C13H18FN2O+. The van der Waals surface area contributed by atoms with Gasteiger partial charge in [0.15, 0.2) is 5.78 Å². The number of carbonyl (C=O) groups is 1. The molecule has 1 atom stereocenters. The van der Waals surface area contributed by atoms with Gasteiger partial charge in [-0.25, -0.2) is 4.39 Å². The van der Waals surface area contributed by atoms with E-state index in [9.17, 15) is 9.18 Å². The lowest BCUT2D eigenvalue weighted by Gasteiger charge is -2.14. The molecule has 4 N–H and O–H groups in total. The molecule has 0 aliphatic heterocycles. The van der Waals surface area contributed by atoms with Gasteiger partial charge in [0.1, 0.15) is 11.5 Å². The Hall–Kier alpha value is -1.52. The molecule has 1 unspecified atom stereocenters. The Balaban J connectivity index is 2.75. The maximum Gasteiger partial charge on any atom is 0.163 e. The fourth-order valence-electron chi connectivity index (χ4n) is 1.62. The minimum atomic E-state index is -0.275. The first-order valence-corrected chi connectivity index (χ1v) is 5.48. The summed E-state index contributed by atoms with van der Waals surface area (Å²) in [5, 5.41) is 3.05. The van der Waals surface area contributed by atoms with Crippen LogP contribution in [0.4, 0.5) is 4.39 Å². The molecule has 0 fully saturated rings. The Morgan fingerprint density at radius 2 is 2.06 bits per heavy atom. The molecule has 0 amide bonds. The Labute approximate surface area is 101 Å². The van der Waals surface area contributed by atoms with Gasteiger partial charge in [-0.05, 0) is 24.7 Å². The number of nitrogens with one attached hydrogen (secondary N) is 1. The monoisotopic (exact) mass is 237 g/mol. The van der Waals surface area contributed by atoms with Crippen molar-refractivity contribution in [3.05, 3.63) is 47.4 Å². The van der Waals surface area contributed by atoms with Crippen LogP contribution in [0.5, 0.6) is 0 Å². The fraction of sp³-hybridized carbons (Fsp3) is 0.308. The van der Waals surface area contributed by atoms with E-state index in [-0.39, 0.29) is 17.6 Å². The fourth-order valence-corrected chi connectivity index (χ4v) is 1.62. The third kappa shape index (κ3) is 4.46. The third-order valence-corrected chi connectivity index (χ3v) is 2.43. The molecule has 0 heterocycles. The highest BCUT2D eigenvalue weighted by Gasteiger charge is 2.13. The van der Waals surface area contributed by atoms with Crippen molar-refractivity contribution in [2.75, 3.05) is 7.05 Å². The van der Waals surface area contributed by atoms with Crippen LogP contribution in [0.15, 0.2) is 36.0 Å². The van der Waals surface area contributed by atoms with Crippen LogP contribution in [-0.4, -0.2) is 12.8 Å². The standard InChI is InChI=1S/C13H17FN2O/c1-9(15)7-12(17)8-13(16-2)10-3-5-11(14)6-4-10/h3-7,13,16H,8,15H2,1-2H3/p+1. The van der Waals surface area contributed by atoms with Gasteiger partial charge in [0.05, 0.1) is 0 Å². The van der Waals surface area contributed by atoms with Crippen molar-refractivity contribution in [2.24, 2.45) is 0 Å². The lowest BCUT2D eigenvalue weighted by atomic mass is 10.0. The van der Waals surface area contributed by atoms with Gasteiger partial charge in [-0.15, -0.1) is 0 Å². The Bertz CT molecular complexity index is 408. The summed E-state index contributed by atoms with van der Waals surface area (Å²) >= 11 is 0. The van der Waals surface area contributed by atoms with E-state index < -0.39 is 0 Å². The van der Waals surface area contributed by atoms with Crippen molar-refractivity contribution in [3.8, 4) is 0 Å². The summed E-state index contributed by atoms with van der Waals surface area (Å²) < 4.78 is 12.8. The summed E-state index contributed by atoms with van der Waals surface area (Å²) in [4.78, 5) is 11.6. The molecule has 0 radical (unpaired) electrons. The topological polar surface area (TPSA) is 56.7 Å². The molecule has 17 heavy (non-hydrogen) atoms. The quantitative estimate of drug-likeness (QED) is 0.756. The van der Waals surface area contributed by atoms with Crippen LogP contribution in [0.1, 0.15) is 24.9 Å². The molecule has 1 aromatic carbocycles. The van der Waals surface area contributed by atoms with Crippen LogP contribution < -0.4 is 11.1 Å². The number of rotatable bonds is 5. The number of halogens is 1. The molecule has 0 saturated heterocycles. The summed E-state index contributed by atoms with van der Waals surface area (Å²) in [5.74, 6) is -0.260. The highest BCUT2D eigenvalue weighted by molar-refractivity contribution is 5.90. The van der Waals surface area contributed by atoms with E-state index in [0.717, 1.165) is 11.3 Å². The SMILES string of the molecule is CNC(CC(=O)C=C(C)[NH3+])c1ccc(F)cc1. The zero-order chi connectivity index (χ0) is 12.8. The second kappa shape index (κ2) is 6.27. The molecule has 4 heteroatoms. The molecule has 1 aromatic rings. The Morgan fingerprint density at radius 1 is 1.47 bits per heavy atom. The Kier molecular flexibility index (Phi) is 5.00. The highest BCUT2D eigenvalue weighted by atomic mass is 19.1. The molecule has 0 aromatic heterocycles. The Morgan fingerprint density at radius 3 is 2.53 bits per heavy atom. The van der Waals surface area contributed by atoms with E-state index in [1.807, 2.05) is 0 Å². The summed E-state index contributed by atoms with van der Waals surface area (Å²) in [6.45, 7) is 1.78. The first-order chi connectivity index (χ1) is 8.02. The number of quaternary nitrogens is 1. The third-order valence-electron chi connectivity index (χ3n) is 2.43. The van der Waals surface area contributed by atoms with Crippen LogP contribution in [-0.2, 0) is 4.79 Å². The molecule has 0 saturated carbocycles. The van der Waals surface area contributed by atoms with Gasteiger partial charge in [-0.1, -0.05) is 12.1 Å². The summed E-state index contributed by atoms with van der Waals surface area (Å²) in [7, 11) is 1.78. The molecule has 0 aliphatic carbocycles. The van der Waals surface area contributed by atoms with Gasteiger partial charge in [-0.3, -0.25) is 4.79 Å². The van der Waals surface area contributed by atoms with E-state index in [2.05, 4.69) is 11.1 Å². The molecule has 92 valence electrons. The molecule has 3 nitrogen and oxygen atoms in total. The van der Waals surface area contributed by atoms with Gasteiger partial charge in [-0.2, -0.15) is 0 Å². The average Bonchev–Trinajstić information content (AvgIpc) is 2.26. The molecule has 0 aliphatic rings. The van der Waals surface area contributed by atoms with Gasteiger partial charge in [0.2, 0.25) is 0 Å². The van der Waals surface area contributed by atoms with Crippen molar-refractivity contribution >= 4 is 5.78 Å². The van der Waals surface area contributed by atoms with Crippen molar-refractivity contribution in [1.82, 2.24) is 5.32 Å². The largest absolute Gasteiger partial charge is 0.329 e. The maximum absolute atomic E-state index is 12.8. The minimum Gasteiger partial charge on any atom is -0.329 e. The second-order valence-electron chi connectivity index (χ2n) is 4.05. The van der Waals surface area contributed by atoms with Crippen molar-refractivity contribution in [1.29, 1.82) is 0 Å². The predicted octanol–water partition coefficient (Wildman–Crippen LogP) is 1.19. The van der Waals surface area contributed by atoms with Crippen LogP contribution in [0.2, 0.25) is 0 Å². The van der Waals surface area contributed by atoms with Crippen LogP contribution in [0, 0.1) is 5.82 Å². The van der Waals surface area contributed by atoms with E-state index in [4.69, 9.17) is 0 Å². The predicted molar refractivity (Wildman–Crippen MR) is 64.5 cm³/mol. The van der Waals surface area contributed by atoms with Gasteiger partial charge in [0, 0.05) is 25.5 Å². The minimum absolute atomic E-state index is 0.0150. The van der Waals surface area contributed by atoms with E-state index in [0.29, 0.717) is 6.42 Å². The van der Waals surface area contributed by atoms with Crippen molar-refractivity contribution < 1.29 is 14.9 Å². The summed E-state index contributed by atoms with van der Waals surface area (Å²) in [6.07, 6.45) is 1.86. The average molecular weight is 237 g/mol. The first kappa shape index (κ1) is 13.5. The number of hydrogen-bond donors (Lipinski definition) is 2. The van der Waals surface area contributed by atoms with E-state index >= 15 is 0 Å². The number of benzene rings is 1. The molecular weight excluding hydrogens is 219 g/mol. The van der Waals surface area contributed by atoms with Crippen molar-refractivity contribution in [3.63, 3.8) is 0 Å². The lowest BCUT2D eigenvalue weighted by molar-refractivity contribution is -0.301. The number of ketones is 1. The molecule has 1 rings (SSSR count). The van der Waals surface area contributed by atoms with Gasteiger partial charge in [0.25, 0.3) is 0 Å².